The summed E-state index contributed by atoms with van der Waals surface area (Å²) in [6.07, 6.45) is 7.47. The lowest BCUT2D eigenvalue weighted by atomic mass is 9.86. The van der Waals surface area contributed by atoms with Gasteiger partial charge in [-0.25, -0.2) is 0 Å². The van der Waals surface area contributed by atoms with Gasteiger partial charge in [0, 0.05) is 32.6 Å². The van der Waals surface area contributed by atoms with E-state index in [1.165, 1.54) is 32.1 Å². The van der Waals surface area contributed by atoms with Crippen molar-refractivity contribution in [2.45, 2.75) is 51.0 Å². The second-order valence-electron chi connectivity index (χ2n) is 7.71. The van der Waals surface area contributed by atoms with E-state index in [9.17, 15) is 9.59 Å². The Kier molecular flexibility index (Phi) is 8.58. The average molecular weight is 394 g/mol. The van der Waals surface area contributed by atoms with Gasteiger partial charge in [-0.15, -0.1) is 12.4 Å². The fourth-order valence-corrected chi connectivity index (χ4v) is 4.13. The highest BCUT2D eigenvalue weighted by Gasteiger charge is 2.28. The normalized spacial score (nSPS) is 19.3. The quantitative estimate of drug-likeness (QED) is 0.836. The van der Waals surface area contributed by atoms with Gasteiger partial charge in [0.2, 0.25) is 11.8 Å². The lowest BCUT2D eigenvalue weighted by Crippen LogP contribution is -2.54. The fourth-order valence-electron chi connectivity index (χ4n) is 4.13. The van der Waals surface area contributed by atoms with Gasteiger partial charge < -0.3 is 15.5 Å². The number of nitrogens with zero attached hydrogens (tertiary/aromatic N) is 2. The maximum atomic E-state index is 12.6. The molecule has 0 bridgehead atoms. The molecule has 2 fully saturated rings. The van der Waals surface area contributed by atoms with Crippen molar-refractivity contribution in [3.63, 3.8) is 0 Å². The summed E-state index contributed by atoms with van der Waals surface area (Å²) in [5.41, 5.74) is 7.20. The molecule has 2 N–H and O–H groups in total. The second-order valence-corrected chi connectivity index (χ2v) is 7.71. The highest BCUT2D eigenvalue weighted by molar-refractivity contribution is 5.85. The molecule has 0 unspecified atom stereocenters. The van der Waals surface area contributed by atoms with Crippen LogP contribution in [0, 0.1) is 5.92 Å². The van der Waals surface area contributed by atoms with E-state index in [0.717, 1.165) is 5.56 Å². The van der Waals surface area contributed by atoms with Crippen molar-refractivity contribution in [3.05, 3.63) is 35.9 Å². The molecule has 1 saturated heterocycles. The molecule has 1 aromatic rings. The van der Waals surface area contributed by atoms with E-state index in [4.69, 9.17) is 5.73 Å². The van der Waals surface area contributed by atoms with E-state index in [-0.39, 0.29) is 24.2 Å². The van der Waals surface area contributed by atoms with Crippen LogP contribution in [0.5, 0.6) is 0 Å². The molecular weight excluding hydrogens is 362 g/mol. The molecule has 1 aliphatic heterocycles. The number of carbonyl (C=O) groups excluding carboxylic acids is 2. The number of carbonyl (C=O) groups is 2. The number of amides is 2. The molecule has 1 saturated carbocycles. The van der Waals surface area contributed by atoms with Crippen molar-refractivity contribution in [1.82, 2.24) is 9.80 Å². The van der Waals surface area contributed by atoms with Crippen LogP contribution in [0.15, 0.2) is 30.3 Å². The van der Waals surface area contributed by atoms with Gasteiger partial charge in [-0.3, -0.25) is 9.59 Å². The molecule has 5 nitrogen and oxygen atoms in total. The zero-order valence-electron chi connectivity index (χ0n) is 16.0. The topological polar surface area (TPSA) is 66.6 Å². The van der Waals surface area contributed by atoms with Crippen molar-refractivity contribution in [1.29, 1.82) is 0 Å². The van der Waals surface area contributed by atoms with Crippen LogP contribution in [-0.4, -0.2) is 53.8 Å². The molecule has 0 aromatic heterocycles. The van der Waals surface area contributed by atoms with Gasteiger partial charge >= 0.3 is 0 Å². The number of nitrogens with two attached hydrogens (primary N) is 1. The van der Waals surface area contributed by atoms with Gasteiger partial charge in [0.1, 0.15) is 0 Å². The largest absolute Gasteiger partial charge is 0.339 e. The Morgan fingerprint density at radius 1 is 0.963 bits per heavy atom. The summed E-state index contributed by atoms with van der Waals surface area (Å²) in [7, 11) is 0. The molecule has 150 valence electrons. The standard InChI is InChI=1S/C21H31N3O2.ClH/c22-19(15-17-7-3-1-4-8-17)21(26)24-13-11-23(12-14-24)20(25)16-18-9-5-2-6-10-18;/h1,3-4,7-8,18-19H,2,5-6,9-16,22H2;1H/t19-;/m0./s1. The van der Waals surface area contributed by atoms with Crippen LogP contribution in [0.4, 0.5) is 0 Å². The minimum atomic E-state index is -0.512. The average Bonchev–Trinajstić information content (AvgIpc) is 2.69. The molecule has 1 aromatic carbocycles. The number of hydrogen-bond donors (Lipinski definition) is 1. The van der Waals surface area contributed by atoms with Gasteiger partial charge in [-0.05, 0) is 30.7 Å². The zero-order chi connectivity index (χ0) is 18.4. The first-order valence-electron chi connectivity index (χ1n) is 9.99. The van der Waals surface area contributed by atoms with Crippen LogP contribution >= 0.6 is 12.4 Å². The van der Waals surface area contributed by atoms with Crippen LogP contribution < -0.4 is 5.73 Å². The Hall–Kier alpha value is -1.59. The van der Waals surface area contributed by atoms with Crippen LogP contribution in [0.2, 0.25) is 0 Å². The highest BCUT2D eigenvalue weighted by Crippen LogP contribution is 2.27. The Morgan fingerprint density at radius 3 is 2.19 bits per heavy atom. The predicted octanol–water partition coefficient (Wildman–Crippen LogP) is 2.62. The number of hydrogen-bond acceptors (Lipinski definition) is 3. The molecule has 3 rings (SSSR count). The predicted molar refractivity (Wildman–Crippen MR) is 110 cm³/mol. The molecule has 2 aliphatic rings. The van der Waals surface area contributed by atoms with Gasteiger partial charge in [0.25, 0.3) is 0 Å². The molecule has 1 heterocycles. The summed E-state index contributed by atoms with van der Waals surface area (Å²) in [6, 6.07) is 9.36. The van der Waals surface area contributed by atoms with Crippen molar-refractivity contribution in [2.75, 3.05) is 26.2 Å². The molecule has 27 heavy (non-hydrogen) atoms. The smallest absolute Gasteiger partial charge is 0.239 e. The fraction of sp³-hybridized carbons (Fsp3) is 0.619. The van der Waals surface area contributed by atoms with Crippen molar-refractivity contribution < 1.29 is 9.59 Å². The molecular formula is C21H32ClN3O2. The summed E-state index contributed by atoms with van der Waals surface area (Å²) in [4.78, 5) is 28.9. The first-order chi connectivity index (χ1) is 12.6. The third kappa shape index (κ3) is 6.22. The second kappa shape index (κ2) is 10.7. The SMILES string of the molecule is Cl.N[C@@H](Cc1ccccc1)C(=O)N1CCN(C(=O)CC2CCCCC2)CC1. The lowest BCUT2D eigenvalue weighted by Gasteiger charge is -2.36. The third-order valence-corrected chi connectivity index (χ3v) is 5.75. The molecule has 6 heteroatoms. The third-order valence-electron chi connectivity index (χ3n) is 5.75. The van der Waals surface area contributed by atoms with Crippen molar-refractivity contribution in [3.8, 4) is 0 Å². The Bertz CT molecular complexity index is 597. The first kappa shape index (κ1) is 21.7. The minimum Gasteiger partial charge on any atom is -0.339 e. The van der Waals surface area contributed by atoms with Crippen molar-refractivity contribution in [2.24, 2.45) is 11.7 Å². The number of halogens is 1. The summed E-state index contributed by atoms with van der Waals surface area (Å²) in [6.45, 7) is 2.46. The van der Waals surface area contributed by atoms with Crippen LogP contribution in [-0.2, 0) is 16.0 Å². The molecule has 1 atom stereocenters. The maximum absolute atomic E-state index is 12.6. The monoisotopic (exact) mass is 393 g/mol. The van der Waals surface area contributed by atoms with E-state index in [2.05, 4.69) is 0 Å². The highest BCUT2D eigenvalue weighted by atomic mass is 35.5. The zero-order valence-corrected chi connectivity index (χ0v) is 16.8. The van der Waals surface area contributed by atoms with Gasteiger partial charge in [-0.2, -0.15) is 0 Å². The van der Waals surface area contributed by atoms with E-state index >= 15 is 0 Å². The summed E-state index contributed by atoms with van der Waals surface area (Å²) >= 11 is 0. The summed E-state index contributed by atoms with van der Waals surface area (Å²) in [5.74, 6) is 0.820. The molecule has 0 radical (unpaired) electrons. The number of benzene rings is 1. The van der Waals surface area contributed by atoms with Gasteiger partial charge in [-0.1, -0.05) is 49.6 Å². The molecule has 0 spiro atoms. The number of rotatable bonds is 5. The maximum Gasteiger partial charge on any atom is 0.239 e. The van der Waals surface area contributed by atoms with Crippen LogP contribution in [0.25, 0.3) is 0 Å². The molecule has 1 aliphatic carbocycles. The molecule has 2 amide bonds. The Labute approximate surface area is 168 Å². The van der Waals surface area contributed by atoms with Gasteiger partial charge in [0.05, 0.1) is 6.04 Å². The van der Waals surface area contributed by atoms with Crippen molar-refractivity contribution >= 4 is 24.2 Å². The Balaban J connectivity index is 0.00000261. The van der Waals surface area contributed by atoms with Crippen LogP contribution in [0.1, 0.15) is 44.1 Å². The first-order valence-corrected chi connectivity index (χ1v) is 9.99. The van der Waals surface area contributed by atoms with E-state index in [1.54, 1.807) is 0 Å². The summed E-state index contributed by atoms with van der Waals surface area (Å²) in [5, 5.41) is 0. The van der Waals surface area contributed by atoms with E-state index in [0.29, 0.717) is 44.9 Å². The number of piperazine rings is 1. The minimum absolute atomic E-state index is 0. The lowest BCUT2D eigenvalue weighted by molar-refractivity contribution is -0.140. The Morgan fingerprint density at radius 2 is 1.56 bits per heavy atom. The van der Waals surface area contributed by atoms with E-state index < -0.39 is 6.04 Å². The summed E-state index contributed by atoms with van der Waals surface area (Å²) < 4.78 is 0. The van der Waals surface area contributed by atoms with Crippen LogP contribution in [0.3, 0.4) is 0 Å². The van der Waals surface area contributed by atoms with Gasteiger partial charge in [0.15, 0.2) is 0 Å². The van der Waals surface area contributed by atoms with E-state index in [1.807, 2.05) is 40.1 Å².